The Hall–Kier alpha value is -6.17. The summed E-state index contributed by atoms with van der Waals surface area (Å²) in [4.78, 5) is 15.2. The lowest BCUT2D eigenvalue weighted by atomic mass is 10.0. The van der Waals surface area contributed by atoms with Gasteiger partial charge in [-0.2, -0.15) is 0 Å². The van der Waals surface area contributed by atoms with E-state index in [0.29, 0.717) is 17.5 Å². The van der Waals surface area contributed by atoms with Crippen LogP contribution in [0, 0.1) is 0 Å². The minimum atomic E-state index is 0.650. The van der Waals surface area contributed by atoms with Crippen molar-refractivity contribution >= 4 is 64.1 Å². The number of hydrogen-bond acceptors (Lipinski definition) is 4. The molecule has 0 atom stereocenters. The molecule has 3 heterocycles. The molecule has 0 bridgehead atoms. The van der Waals surface area contributed by atoms with E-state index in [1.807, 2.05) is 18.2 Å². The molecule has 0 radical (unpaired) electrons. The van der Waals surface area contributed by atoms with Gasteiger partial charge in [-0.1, -0.05) is 109 Å². The second-order valence-corrected chi connectivity index (χ2v) is 13.1. The summed E-state index contributed by atoms with van der Waals surface area (Å²) in [5.41, 5.74) is 6.38. The first-order valence-electron chi connectivity index (χ1n) is 16.0. The van der Waals surface area contributed by atoms with Crippen LogP contribution in [0.3, 0.4) is 0 Å². The van der Waals surface area contributed by atoms with Crippen LogP contribution >= 0.6 is 11.3 Å². The second-order valence-electron chi connectivity index (χ2n) is 12.0. The molecule has 10 aromatic rings. The summed E-state index contributed by atoms with van der Waals surface area (Å²) in [6.45, 7) is 0. The first kappa shape index (κ1) is 27.0. The summed E-state index contributed by atoms with van der Waals surface area (Å²) in [6.07, 6.45) is 0. The first-order valence-corrected chi connectivity index (χ1v) is 16.9. The zero-order valence-electron chi connectivity index (χ0n) is 25.7. The van der Waals surface area contributed by atoms with Crippen molar-refractivity contribution in [2.75, 3.05) is 0 Å². The number of hydrogen-bond donors (Lipinski definition) is 0. The molecule has 48 heavy (non-hydrogen) atoms. The zero-order valence-corrected chi connectivity index (χ0v) is 26.5. The number of aromatic nitrogens is 4. The van der Waals surface area contributed by atoms with Gasteiger partial charge in [0, 0.05) is 53.3 Å². The lowest BCUT2D eigenvalue weighted by molar-refractivity contribution is 1.08. The van der Waals surface area contributed by atoms with Gasteiger partial charge in [-0.3, -0.25) is 0 Å². The molecule has 0 aliphatic rings. The van der Waals surface area contributed by atoms with E-state index in [2.05, 4.69) is 144 Å². The first-order chi connectivity index (χ1) is 23.8. The van der Waals surface area contributed by atoms with Gasteiger partial charge in [0.15, 0.2) is 17.5 Å². The van der Waals surface area contributed by atoms with Gasteiger partial charge in [0.1, 0.15) is 0 Å². The van der Waals surface area contributed by atoms with Gasteiger partial charge in [0.05, 0.1) is 11.0 Å². The molecular formula is C43H26N4S. The molecule has 0 unspecified atom stereocenters. The molecule has 4 nitrogen and oxygen atoms in total. The Balaban J connectivity index is 1.15. The Morgan fingerprint density at radius 3 is 1.90 bits per heavy atom. The third-order valence-corrected chi connectivity index (χ3v) is 10.5. The summed E-state index contributed by atoms with van der Waals surface area (Å²) in [6, 6.07) is 55.5. The third-order valence-electron chi connectivity index (χ3n) is 9.26. The predicted molar refractivity (Wildman–Crippen MR) is 201 cm³/mol. The maximum atomic E-state index is 5.12. The number of nitrogens with zero attached hydrogens (tertiary/aromatic N) is 4. The zero-order chi connectivity index (χ0) is 31.6. The summed E-state index contributed by atoms with van der Waals surface area (Å²) in [5.74, 6) is 1.98. The summed E-state index contributed by atoms with van der Waals surface area (Å²) < 4.78 is 4.80. The van der Waals surface area contributed by atoms with E-state index in [-0.39, 0.29) is 0 Å². The fourth-order valence-corrected chi connectivity index (χ4v) is 8.25. The quantitative estimate of drug-likeness (QED) is 0.194. The van der Waals surface area contributed by atoms with Crippen LogP contribution in [0.5, 0.6) is 0 Å². The molecule has 0 spiro atoms. The molecule has 5 heteroatoms. The highest BCUT2D eigenvalue weighted by Crippen LogP contribution is 2.40. The Morgan fingerprint density at radius 1 is 0.417 bits per heavy atom. The largest absolute Gasteiger partial charge is 0.309 e. The second kappa shape index (κ2) is 10.7. The number of fused-ring (bicyclic) bond motifs is 8. The SMILES string of the molecule is c1ccc(-c2nc(-c3ccc(-n4c5ccccc5c5c6ccccc6ccc54)cc3)nc(-c3cccc4c3sc3ccccc34)n2)cc1. The van der Waals surface area contributed by atoms with Crippen LogP contribution in [0.25, 0.3) is 92.6 Å². The van der Waals surface area contributed by atoms with Crippen molar-refractivity contribution < 1.29 is 0 Å². The number of thiophene rings is 1. The van der Waals surface area contributed by atoms with Gasteiger partial charge < -0.3 is 4.57 Å². The number of rotatable bonds is 4. The average Bonchev–Trinajstić information content (AvgIpc) is 3.71. The fraction of sp³-hybridized carbons (Fsp3) is 0. The molecule has 0 amide bonds. The van der Waals surface area contributed by atoms with Crippen molar-refractivity contribution in [3.05, 3.63) is 158 Å². The van der Waals surface area contributed by atoms with E-state index in [1.54, 1.807) is 11.3 Å². The van der Waals surface area contributed by atoms with E-state index in [4.69, 9.17) is 15.0 Å². The molecule has 7 aromatic carbocycles. The average molecular weight is 631 g/mol. The summed E-state index contributed by atoms with van der Waals surface area (Å²) in [5, 5.41) is 7.51. The standard InChI is InChI=1S/C43H26N4S/c1-2-12-28(13-3-1)41-44-42(46-43(45-41)35-18-10-17-33-32-15-7-9-20-38(32)48-40(33)35)29-21-24-30(25-22-29)47-36-19-8-6-16-34(36)39-31-14-5-4-11-27(31)23-26-37(39)47/h1-26H. The Labute approximate surface area is 280 Å². The highest BCUT2D eigenvalue weighted by atomic mass is 32.1. The molecule has 3 aromatic heterocycles. The Morgan fingerprint density at radius 2 is 1.06 bits per heavy atom. The monoisotopic (exact) mass is 630 g/mol. The molecule has 10 rings (SSSR count). The lowest BCUT2D eigenvalue weighted by Gasteiger charge is -2.11. The maximum Gasteiger partial charge on any atom is 0.165 e. The van der Waals surface area contributed by atoms with E-state index < -0.39 is 0 Å². The summed E-state index contributed by atoms with van der Waals surface area (Å²) in [7, 11) is 0. The third kappa shape index (κ3) is 4.18. The fourth-order valence-electron chi connectivity index (χ4n) is 7.04. The molecule has 0 fully saturated rings. The van der Waals surface area contributed by atoms with Crippen molar-refractivity contribution in [3.8, 4) is 39.9 Å². The van der Waals surface area contributed by atoms with Gasteiger partial charge in [-0.05, 0) is 59.3 Å². The summed E-state index contributed by atoms with van der Waals surface area (Å²) >= 11 is 1.79. The van der Waals surface area contributed by atoms with Gasteiger partial charge in [-0.15, -0.1) is 11.3 Å². The molecule has 0 aliphatic carbocycles. The van der Waals surface area contributed by atoms with Gasteiger partial charge in [0.25, 0.3) is 0 Å². The highest BCUT2D eigenvalue weighted by molar-refractivity contribution is 7.26. The lowest BCUT2D eigenvalue weighted by Crippen LogP contribution is -2.00. The van der Waals surface area contributed by atoms with E-state index in [9.17, 15) is 0 Å². The van der Waals surface area contributed by atoms with Crippen LogP contribution < -0.4 is 0 Å². The van der Waals surface area contributed by atoms with Crippen LogP contribution in [0.2, 0.25) is 0 Å². The van der Waals surface area contributed by atoms with Crippen LogP contribution in [0.1, 0.15) is 0 Å². The molecule has 0 N–H and O–H groups in total. The van der Waals surface area contributed by atoms with Crippen molar-refractivity contribution in [1.82, 2.24) is 19.5 Å². The van der Waals surface area contributed by atoms with Crippen molar-refractivity contribution in [1.29, 1.82) is 0 Å². The van der Waals surface area contributed by atoms with Crippen molar-refractivity contribution in [2.45, 2.75) is 0 Å². The highest BCUT2D eigenvalue weighted by Gasteiger charge is 2.18. The molecule has 0 aliphatic heterocycles. The molecule has 0 saturated carbocycles. The van der Waals surface area contributed by atoms with Gasteiger partial charge in [-0.25, -0.2) is 15.0 Å². The van der Waals surface area contributed by atoms with Crippen molar-refractivity contribution in [2.24, 2.45) is 0 Å². The van der Waals surface area contributed by atoms with Crippen molar-refractivity contribution in [3.63, 3.8) is 0 Å². The van der Waals surface area contributed by atoms with E-state index in [0.717, 1.165) is 22.4 Å². The molecule has 0 saturated heterocycles. The molecular weight excluding hydrogens is 605 g/mol. The topological polar surface area (TPSA) is 43.6 Å². The van der Waals surface area contributed by atoms with E-state index in [1.165, 1.54) is 52.8 Å². The van der Waals surface area contributed by atoms with Gasteiger partial charge >= 0.3 is 0 Å². The van der Waals surface area contributed by atoms with Gasteiger partial charge in [0.2, 0.25) is 0 Å². The van der Waals surface area contributed by atoms with Crippen LogP contribution in [-0.2, 0) is 0 Å². The predicted octanol–water partition coefficient (Wildman–Crippen LogP) is 11.5. The van der Waals surface area contributed by atoms with Crippen LogP contribution in [0.4, 0.5) is 0 Å². The maximum absolute atomic E-state index is 5.12. The smallest absolute Gasteiger partial charge is 0.165 e. The van der Waals surface area contributed by atoms with Crippen LogP contribution in [0.15, 0.2) is 158 Å². The number of benzene rings is 7. The van der Waals surface area contributed by atoms with E-state index >= 15 is 0 Å². The minimum Gasteiger partial charge on any atom is -0.309 e. The Kier molecular flexibility index (Phi) is 6.01. The normalized spacial score (nSPS) is 11.8. The minimum absolute atomic E-state index is 0.650. The molecule has 224 valence electrons. The number of para-hydroxylation sites is 1. The Bertz CT molecular complexity index is 2830. The van der Waals surface area contributed by atoms with Crippen LogP contribution in [-0.4, -0.2) is 19.5 Å².